The Balaban J connectivity index is 0.827. The molecule has 17 aromatic rings. The average Bonchev–Trinajstić information content (AvgIpc) is 0.759. The molecule has 0 N–H and O–H groups in total. The first-order chi connectivity index (χ1) is 64.4. The largest absolute Gasteiger partial charge is 0.541 e. The lowest BCUT2D eigenvalue weighted by atomic mass is 9.81. The molecule has 4 nitrogen and oxygen atoms in total. The standard InChI is InChI=1S/C116H98Br8O4Si4/c117-103-65-99(66-104(118)113(103)125-129(73-85-37-13-1-14-38-85,74-86-39-15-2-16-40-86)75-87-41-17-3-18-42-87)111(100-67-105(119)114(106(120)68-100)126-130(76-88-43-19-4-20-44-88,77-89-45-21-5-22-46-89)78-90-47-23-6-24-48-90)97-61-63-98(64-62-97)112(101-69-107(121)115(108(122)70-101)127-131(79-91-49-25-7-26-50-91,80-92-51-27-8-28-52-92)81-93-53-29-9-30-54-93)102-71-109(123)116(110(124)72-102)128-132(82-94-55-31-10-32-56-94,83-95-57-33-11-34-58-95)84-96-59-35-12-36-60-96/h1-72,111-112H,73-84H2. The van der Waals surface area contributed by atoms with E-state index in [0.29, 0.717) is 0 Å². The Bertz CT molecular complexity index is 5340. The Morgan fingerprint density at radius 3 is 0.356 bits per heavy atom. The van der Waals surface area contributed by atoms with E-state index in [0.717, 1.165) is 165 Å². The third-order valence-corrected chi connectivity index (χ3v) is 44.6. The van der Waals surface area contributed by atoms with Crippen molar-refractivity contribution in [3.05, 3.63) is 573 Å². The van der Waals surface area contributed by atoms with Crippen LogP contribution in [0, 0.1) is 0 Å². The van der Waals surface area contributed by atoms with Crippen molar-refractivity contribution in [1.29, 1.82) is 0 Å². The number of halogens is 8. The summed E-state index contributed by atoms with van der Waals surface area (Å²) in [4.78, 5) is 0. The lowest BCUT2D eigenvalue weighted by Crippen LogP contribution is -2.50. The van der Waals surface area contributed by atoms with Crippen molar-refractivity contribution in [3.63, 3.8) is 0 Å². The molecular weight excluding hydrogens is 2210 g/mol. The van der Waals surface area contributed by atoms with Crippen LogP contribution in [-0.2, 0) is 72.5 Å². The summed E-state index contributed by atoms with van der Waals surface area (Å²) >= 11 is 34.5. The topological polar surface area (TPSA) is 36.9 Å². The summed E-state index contributed by atoms with van der Waals surface area (Å²) in [7, 11) is -11.7. The Morgan fingerprint density at radius 2 is 0.250 bits per heavy atom. The van der Waals surface area contributed by atoms with E-state index in [1.807, 2.05) is 0 Å². The summed E-state index contributed by atoms with van der Waals surface area (Å²) in [6.07, 6.45) is 0. The van der Waals surface area contributed by atoms with Crippen LogP contribution in [0.15, 0.2) is 473 Å². The lowest BCUT2D eigenvalue weighted by Gasteiger charge is -2.35. The number of benzene rings is 17. The first-order valence-corrected chi connectivity index (χ1v) is 61.2. The van der Waals surface area contributed by atoms with Gasteiger partial charge in [-0.15, -0.1) is 0 Å². The summed E-state index contributed by atoms with van der Waals surface area (Å²) in [6.45, 7) is 0. The minimum Gasteiger partial charge on any atom is -0.541 e. The van der Waals surface area contributed by atoms with Crippen LogP contribution in [0.25, 0.3) is 0 Å². The molecule has 17 aromatic carbocycles. The fourth-order valence-electron chi connectivity index (χ4n) is 19.1. The van der Waals surface area contributed by atoms with Gasteiger partial charge in [-0.3, -0.25) is 0 Å². The van der Waals surface area contributed by atoms with Crippen LogP contribution in [0.5, 0.6) is 23.0 Å². The predicted octanol–water partition coefficient (Wildman–Crippen LogP) is 32.8. The quantitative estimate of drug-likeness (QED) is 0.0285. The molecule has 17 rings (SSSR count). The summed E-state index contributed by atoms with van der Waals surface area (Å²) < 4.78 is 38.8. The zero-order valence-electron chi connectivity index (χ0n) is 72.9. The van der Waals surface area contributed by atoms with Crippen molar-refractivity contribution in [3.8, 4) is 23.0 Å². The summed E-state index contributed by atoms with van der Waals surface area (Å²) in [5, 5.41) is 0. The van der Waals surface area contributed by atoms with Crippen molar-refractivity contribution < 1.29 is 17.7 Å². The van der Waals surface area contributed by atoms with Crippen LogP contribution in [-0.4, -0.2) is 33.3 Å². The predicted molar refractivity (Wildman–Crippen MR) is 583 cm³/mol. The molecular formula is C116H98Br8O4Si4. The Kier molecular flexibility index (Phi) is 32.1. The summed E-state index contributed by atoms with van der Waals surface area (Å²) in [5.41, 5.74) is 21.3. The molecule has 16 heteroatoms. The molecule has 0 aromatic heterocycles. The molecule has 0 heterocycles. The van der Waals surface area contributed by atoms with Crippen molar-refractivity contribution >= 4 is 161 Å². The summed E-state index contributed by atoms with van der Waals surface area (Å²) in [6, 6.07) is 168. The van der Waals surface area contributed by atoms with Crippen LogP contribution >= 0.6 is 127 Å². The van der Waals surface area contributed by atoms with Crippen LogP contribution in [0.2, 0.25) is 0 Å². The van der Waals surface area contributed by atoms with Crippen LogP contribution in [0.1, 0.15) is 112 Å². The zero-order chi connectivity index (χ0) is 90.7. The van der Waals surface area contributed by atoms with Gasteiger partial charge in [0, 0.05) is 84.4 Å². The van der Waals surface area contributed by atoms with Gasteiger partial charge in [0.2, 0.25) is 0 Å². The molecule has 0 spiro atoms. The van der Waals surface area contributed by atoms with E-state index in [1.165, 1.54) is 66.8 Å². The van der Waals surface area contributed by atoms with Gasteiger partial charge in [0.15, 0.2) is 0 Å². The van der Waals surface area contributed by atoms with Crippen LogP contribution < -0.4 is 17.7 Å². The molecule has 132 heavy (non-hydrogen) atoms. The van der Waals surface area contributed by atoms with Gasteiger partial charge in [0.25, 0.3) is 33.3 Å². The molecule has 0 radical (unpaired) electrons. The normalized spacial score (nSPS) is 11.8. The van der Waals surface area contributed by atoms with Gasteiger partial charge in [-0.1, -0.05) is 388 Å². The van der Waals surface area contributed by atoms with Crippen molar-refractivity contribution in [1.82, 2.24) is 0 Å². The molecule has 0 aliphatic heterocycles. The van der Waals surface area contributed by atoms with Gasteiger partial charge in [-0.05, 0) is 276 Å². The highest BCUT2D eigenvalue weighted by Crippen LogP contribution is 2.50. The smallest absolute Gasteiger partial charge is 0.264 e. The first kappa shape index (κ1) is 94.4. The maximum atomic E-state index is 8.01. The third-order valence-electron chi connectivity index (χ3n) is 24.7. The minimum atomic E-state index is -2.92. The van der Waals surface area contributed by atoms with Crippen LogP contribution in [0.3, 0.4) is 0 Å². The Morgan fingerprint density at radius 1 is 0.144 bits per heavy atom. The van der Waals surface area contributed by atoms with Gasteiger partial charge >= 0.3 is 0 Å². The molecule has 0 atom stereocenters. The van der Waals surface area contributed by atoms with E-state index in [-0.39, 0.29) is 11.8 Å². The maximum Gasteiger partial charge on any atom is 0.264 e. The van der Waals surface area contributed by atoms with Crippen molar-refractivity contribution in [2.75, 3.05) is 0 Å². The van der Waals surface area contributed by atoms with Crippen LogP contribution in [0.4, 0.5) is 0 Å². The maximum absolute atomic E-state index is 8.01. The molecule has 0 amide bonds. The summed E-state index contributed by atoms with van der Waals surface area (Å²) in [5.74, 6) is 2.40. The van der Waals surface area contributed by atoms with Gasteiger partial charge in [-0.25, -0.2) is 0 Å². The Labute approximate surface area is 849 Å². The second-order valence-corrected chi connectivity index (χ2v) is 56.2. The molecule has 0 unspecified atom stereocenters. The van der Waals surface area contributed by atoms with E-state index in [1.54, 1.807) is 0 Å². The molecule has 0 aliphatic carbocycles. The highest BCUT2D eigenvalue weighted by molar-refractivity contribution is 9.12. The van der Waals surface area contributed by atoms with Gasteiger partial charge in [0.05, 0.1) is 35.8 Å². The third kappa shape index (κ3) is 24.7. The second-order valence-electron chi connectivity index (χ2n) is 34.9. The van der Waals surface area contributed by atoms with E-state index >= 15 is 0 Å². The molecule has 0 saturated heterocycles. The molecule has 0 saturated carbocycles. The lowest BCUT2D eigenvalue weighted by molar-refractivity contribution is 0.516. The number of hydrogen-bond donors (Lipinski definition) is 0. The molecule has 0 bridgehead atoms. The monoisotopic (exact) mass is 2300 g/mol. The van der Waals surface area contributed by atoms with E-state index < -0.39 is 33.3 Å². The fraction of sp³-hybridized carbons (Fsp3) is 0.121. The molecule has 658 valence electrons. The van der Waals surface area contributed by atoms with Gasteiger partial charge in [0.1, 0.15) is 23.0 Å². The van der Waals surface area contributed by atoms with E-state index in [4.69, 9.17) is 17.7 Å². The molecule has 0 aliphatic rings. The van der Waals surface area contributed by atoms with Crippen molar-refractivity contribution in [2.24, 2.45) is 0 Å². The minimum absolute atomic E-state index is 0.362. The highest BCUT2D eigenvalue weighted by atomic mass is 79.9. The second kappa shape index (κ2) is 44.9. The van der Waals surface area contributed by atoms with E-state index in [9.17, 15) is 0 Å². The number of rotatable bonds is 38. The molecule has 0 fully saturated rings. The van der Waals surface area contributed by atoms with E-state index in [2.05, 4.69) is 564 Å². The fourth-order valence-corrected chi connectivity index (χ4v) is 42.5. The van der Waals surface area contributed by atoms with Gasteiger partial charge in [-0.2, -0.15) is 0 Å². The SMILES string of the molecule is Brc1cc(C(c2ccc(C(c3cc(Br)c(O[Si](Cc4ccccc4)(Cc4ccccc4)Cc4ccccc4)c(Br)c3)c3cc(Br)c(O[Si](Cc4ccccc4)(Cc4ccccc4)Cc4ccccc4)c(Br)c3)cc2)c2cc(Br)c(O[Si](Cc3ccccc3)(Cc3ccccc3)Cc3ccccc3)c(Br)c2)cc(Br)c1O[Si](Cc1ccccc1)(Cc1ccccc1)Cc1ccccc1. The average molecular weight is 2310 g/mol. The van der Waals surface area contributed by atoms with Crippen molar-refractivity contribution in [2.45, 2.75) is 84.4 Å². The highest BCUT2D eigenvalue weighted by Gasteiger charge is 2.45. The zero-order valence-corrected chi connectivity index (χ0v) is 89.6. The van der Waals surface area contributed by atoms with Gasteiger partial charge < -0.3 is 17.7 Å². The first-order valence-electron chi connectivity index (χ1n) is 44.7. The Hall–Kier alpha value is -9.35. The number of hydrogen-bond acceptors (Lipinski definition) is 4.